The van der Waals surface area contributed by atoms with Crippen LogP contribution in [0.15, 0.2) is 24.3 Å². The fraction of sp³-hybridized carbons (Fsp3) is 0.619. The first kappa shape index (κ1) is 21.2. The SMILES string of the molecule is CC[C@H](C)[C@H](NCC(=O)N1CCCCCC1c1ccc(OC)cc1)C(=O)O. The molecule has 1 saturated heterocycles. The van der Waals surface area contributed by atoms with Crippen molar-refractivity contribution in [2.45, 2.75) is 58.0 Å². The summed E-state index contributed by atoms with van der Waals surface area (Å²) in [5, 5.41) is 12.4. The van der Waals surface area contributed by atoms with E-state index in [9.17, 15) is 14.7 Å². The summed E-state index contributed by atoms with van der Waals surface area (Å²) in [6.07, 6.45) is 4.83. The zero-order valence-electron chi connectivity index (χ0n) is 16.6. The van der Waals surface area contributed by atoms with Crippen LogP contribution in [0.1, 0.15) is 57.6 Å². The van der Waals surface area contributed by atoms with Gasteiger partial charge in [-0.3, -0.25) is 14.9 Å². The van der Waals surface area contributed by atoms with Gasteiger partial charge in [-0.2, -0.15) is 0 Å². The summed E-state index contributed by atoms with van der Waals surface area (Å²) in [5.74, 6) is -0.173. The molecule has 1 unspecified atom stereocenters. The van der Waals surface area contributed by atoms with E-state index in [-0.39, 0.29) is 24.4 Å². The highest BCUT2D eigenvalue weighted by Crippen LogP contribution is 2.31. The maximum absolute atomic E-state index is 12.9. The summed E-state index contributed by atoms with van der Waals surface area (Å²) in [6, 6.07) is 7.20. The number of aliphatic carboxylic acids is 1. The number of carbonyl (C=O) groups is 2. The Morgan fingerprint density at radius 2 is 1.96 bits per heavy atom. The highest BCUT2D eigenvalue weighted by Gasteiger charge is 2.29. The predicted octanol–water partition coefficient (Wildman–Crippen LogP) is 3.23. The number of carboxylic acid groups (broad SMARTS) is 1. The van der Waals surface area contributed by atoms with Crippen molar-refractivity contribution in [2.24, 2.45) is 5.92 Å². The van der Waals surface area contributed by atoms with Gasteiger partial charge >= 0.3 is 5.97 Å². The quantitative estimate of drug-likeness (QED) is 0.728. The van der Waals surface area contributed by atoms with Crippen LogP contribution in [0.2, 0.25) is 0 Å². The van der Waals surface area contributed by atoms with Gasteiger partial charge in [-0.25, -0.2) is 0 Å². The number of likely N-dealkylation sites (tertiary alicyclic amines) is 1. The number of hydrogen-bond acceptors (Lipinski definition) is 4. The van der Waals surface area contributed by atoms with Crippen LogP contribution in [-0.2, 0) is 9.59 Å². The van der Waals surface area contributed by atoms with Crippen LogP contribution in [-0.4, -0.2) is 48.1 Å². The molecule has 1 amide bonds. The smallest absolute Gasteiger partial charge is 0.320 e. The second-order valence-corrected chi connectivity index (χ2v) is 7.31. The molecule has 1 heterocycles. The Balaban J connectivity index is 2.10. The van der Waals surface area contributed by atoms with Crippen LogP contribution < -0.4 is 10.1 Å². The van der Waals surface area contributed by atoms with Gasteiger partial charge in [0.2, 0.25) is 5.91 Å². The Morgan fingerprint density at radius 1 is 1.26 bits per heavy atom. The molecule has 0 saturated carbocycles. The molecule has 27 heavy (non-hydrogen) atoms. The number of methoxy groups -OCH3 is 1. The van der Waals surface area contributed by atoms with E-state index >= 15 is 0 Å². The lowest BCUT2D eigenvalue weighted by Crippen LogP contribution is -2.48. The third-order valence-corrected chi connectivity index (χ3v) is 5.53. The summed E-state index contributed by atoms with van der Waals surface area (Å²) in [4.78, 5) is 26.3. The first-order valence-electron chi connectivity index (χ1n) is 9.87. The van der Waals surface area contributed by atoms with Gasteiger partial charge in [-0.15, -0.1) is 0 Å². The van der Waals surface area contributed by atoms with Crippen LogP contribution in [0.3, 0.4) is 0 Å². The summed E-state index contributed by atoms with van der Waals surface area (Å²) >= 11 is 0. The van der Waals surface area contributed by atoms with E-state index in [4.69, 9.17) is 4.74 Å². The lowest BCUT2D eigenvalue weighted by molar-refractivity contribution is -0.141. The van der Waals surface area contributed by atoms with Crippen molar-refractivity contribution in [3.05, 3.63) is 29.8 Å². The number of carbonyl (C=O) groups excluding carboxylic acids is 1. The van der Waals surface area contributed by atoms with Gasteiger partial charge in [-0.1, -0.05) is 45.2 Å². The number of hydrogen-bond donors (Lipinski definition) is 2. The number of rotatable bonds is 8. The minimum atomic E-state index is -0.903. The predicted molar refractivity (Wildman–Crippen MR) is 105 cm³/mol. The van der Waals surface area contributed by atoms with E-state index in [0.29, 0.717) is 6.54 Å². The highest BCUT2D eigenvalue weighted by atomic mass is 16.5. The average molecular weight is 376 g/mol. The molecule has 0 aliphatic carbocycles. The van der Waals surface area contributed by atoms with E-state index in [1.54, 1.807) is 7.11 Å². The third-order valence-electron chi connectivity index (χ3n) is 5.53. The first-order chi connectivity index (χ1) is 13.0. The van der Waals surface area contributed by atoms with Crippen LogP contribution in [0.5, 0.6) is 5.75 Å². The summed E-state index contributed by atoms with van der Waals surface area (Å²) in [5.41, 5.74) is 1.10. The van der Waals surface area contributed by atoms with Crippen LogP contribution in [0, 0.1) is 5.92 Å². The van der Waals surface area contributed by atoms with Gasteiger partial charge in [0.25, 0.3) is 0 Å². The number of amides is 1. The summed E-state index contributed by atoms with van der Waals surface area (Å²) in [7, 11) is 1.64. The summed E-state index contributed by atoms with van der Waals surface area (Å²) < 4.78 is 5.23. The molecule has 6 nitrogen and oxygen atoms in total. The molecule has 1 fully saturated rings. The Kier molecular flexibility index (Phi) is 8.10. The van der Waals surface area contributed by atoms with Gasteiger partial charge in [-0.05, 0) is 36.5 Å². The number of nitrogens with one attached hydrogen (secondary N) is 1. The van der Waals surface area contributed by atoms with Gasteiger partial charge in [0.05, 0.1) is 19.7 Å². The molecule has 0 aromatic heterocycles. The lowest BCUT2D eigenvalue weighted by atomic mass is 9.99. The van der Waals surface area contributed by atoms with Crippen LogP contribution in [0.25, 0.3) is 0 Å². The zero-order chi connectivity index (χ0) is 19.8. The van der Waals surface area contributed by atoms with Gasteiger partial charge in [0.1, 0.15) is 11.8 Å². The van der Waals surface area contributed by atoms with E-state index in [0.717, 1.165) is 43.4 Å². The van der Waals surface area contributed by atoms with Crippen LogP contribution >= 0.6 is 0 Å². The van der Waals surface area contributed by atoms with Crippen molar-refractivity contribution < 1.29 is 19.4 Å². The van der Waals surface area contributed by atoms with Crippen molar-refractivity contribution in [3.8, 4) is 5.75 Å². The van der Waals surface area contributed by atoms with E-state index in [1.165, 1.54) is 0 Å². The Morgan fingerprint density at radius 3 is 2.56 bits per heavy atom. The molecule has 1 aliphatic rings. The van der Waals surface area contributed by atoms with Crippen molar-refractivity contribution in [3.63, 3.8) is 0 Å². The fourth-order valence-corrected chi connectivity index (χ4v) is 3.65. The molecule has 1 aromatic rings. The molecule has 2 N–H and O–H groups in total. The maximum Gasteiger partial charge on any atom is 0.320 e. The molecule has 1 aliphatic heterocycles. The van der Waals surface area contributed by atoms with E-state index < -0.39 is 12.0 Å². The standard InChI is InChI=1S/C21H32N2O4/c1-4-15(2)20(21(25)26)22-14-19(24)23-13-7-5-6-8-18(23)16-9-11-17(27-3)12-10-16/h9-12,15,18,20,22H,4-8,13-14H2,1-3H3,(H,25,26)/t15-,18?,20-/m0/s1. The molecule has 150 valence electrons. The second kappa shape index (κ2) is 10.3. The molecule has 0 spiro atoms. The van der Waals surface area contributed by atoms with Crippen molar-refractivity contribution in [2.75, 3.05) is 20.2 Å². The summed E-state index contributed by atoms with van der Waals surface area (Å²) in [6.45, 7) is 4.60. The monoisotopic (exact) mass is 376 g/mol. The number of benzene rings is 1. The molecule has 0 radical (unpaired) electrons. The fourth-order valence-electron chi connectivity index (χ4n) is 3.65. The normalized spacial score (nSPS) is 19.8. The minimum absolute atomic E-state index is 0.0274. The second-order valence-electron chi connectivity index (χ2n) is 7.31. The number of carboxylic acids is 1. The molecule has 3 atom stereocenters. The molecule has 0 bridgehead atoms. The van der Waals surface area contributed by atoms with Gasteiger partial charge in [0.15, 0.2) is 0 Å². The maximum atomic E-state index is 12.9. The number of ether oxygens (including phenoxy) is 1. The highest BCUT2D eigenvalue weighted by molar-refractivity contribution is 5.80. The molecular weight excluding hydrogens is 344 g/mol. The molecule has 6 heteroatoms. The van der Waals surface area contributed by atoms with E-state index in [1.807, 2.05) is 43.0 Å². The minimum Gasteiger partial charge on any atom is -0.497 e. The van der Waals surface area contributed by atoms with Crippen molar-refractivity contribution in [1.82, 2.24) is 10.2 Å². The average Bonchev–Trinajstić information content (AvgIpc) is 2.93. The molecular formula is C21H32N2O4. The van der Waals surface area contributed by atoms with Crippen LogP contribution in [0.4, 0.5) is 0 Å². The van der Waals surface area contributed by atoms with Gasteiger partial charge < -0.3 is 14.7 Å². The first-order valence-corrected chi connectivity index (χ1v) is 9.87. The largest absolute Gasteiger partial charge is 0.497 e. The lowest BCUT2D eigenvalue weighted by Gasteiger charge is -2.31. The van der Waals surface area contributed by atoms with Crippen molar-refractivity contribution >= 4 is 11.9 Å². The Bertz CT molecular complexity index is 617. The van der Waals surface area contributed by atoms with Gasteiger partial charge in [0, 0.05) is 6.54 Å². The van der Waals surface area contributed by atoms with E-state index in [2.05, 4.69) is 5.32 Å². The third kappa shape index (κ3) is 5.70. The Labute approximate surface area is 161 Å². The Hall–Kier alpha value is -2.08. The zero-order valence-corrected chi connectivity index (χ0v) is 16.6. The molecule has 1 aromatic carbocycles. The topological polar surface area (TPSA) is 78.9 Å². The molecule has 2 rings (SSSR count). The number of nitrogens with zero attached hydrogens (tertiary/aromatic N) is 1. The van der Waals surface area contributed by atoms with Crippen molar-refractivity contribution in [1.29, 1.82) is 0 Å².